The van der Waals surface area contributed by atoms with Crippen LogP contribution in [-0.2, 0) is 17.9 Å². The topological polar surface area (TPSA) is 63.9 Å². The predicted octanol–water partition coefficient (Wildman–Crippen LogP) is 3.61. The largest absolute Gasteiger partial charge is 0.334 e. The van der Waals surface area contributed by atoms with Crippen molar-refractivity contribution in [3.8, 4) is 0 Å². The van der Waals surface area contributed by atoms with Gasteiger partial charge in [0.05, 0.1) is 6.04 Å². The second kappa shape index (κ2) is 8.73. The molecule has 0 bridgehead atoms. The fourth-order valence-corrected chi connectivity index (χ4v) is 3.22. The quantitative estimate of drug-likeness (QED) is 0.627. The van der Waals surface area contributed by atoms with Gasteiger partial charge in [-0.1, -0.05) is 18.2 Å². The van der Waals surface area contributed by atoms with Crippen molar-refractivity contribution in [3.05, 3.63) is 77.4 Å². The third kappa shape index (κ3) is 5.00. The van der Waals surface area contributed by atoms with E-state index in [9.17, 15) is 9.18 Å². The van der Waals surface area contributed by atoms with E-state index in [1.54, 1.807) is 28.0 Å². The Morgan fingerprint density at radius 1 is 1.18 bits per heavy atom. The van der Waals surface area contributed by atoms with E-state index in [0.29, 0.717) is 18.9 Å². The van der Waals surface area contributed by atoms with Gasteiger partial charge in [-0.2, -0.15) is 5.10 Å². The lowest BCUT2D eigenvalue weighted by Gasteiger charge is -2.25. The minimum atomic E-state index is -0.312. The summed E-state index contributed by atoms with van der Waals surface area (Å²) in [5.41, 5.74) is 1.67. The molecule has 0 aliphatic heterocycles. The van der Waals surface area contributed by atoms with E-state index in [-0.39, 0.29) is 24.2 Å². The van der Waals surface area contributed by atoms with Gasteiger partial charge in [0.2, 0.25) is 5.91 Å². The maximum Gasteiger partial charge on any atom is 0.225 e. The molecular formula is C21H24FN5O. The Hall–Kier alpha value is -3.09. The van der Waals surface area contributed by atoms with Crippen LogP contribution in [0.15, 0.2) is 48.8 Å². The Labute approximate surface area is 164 Å². The van der Waals surface area contributed by atoms with Gasteiger partial charge in [0.15, 0.2) is 0 Å². The van der Waals surface area contributed by atoms with Gasteiger partial charge in [-0.05, 0) is 50.1 Å². The Balaban J connectivity index is 1.78. The number of hydrogen-bond donors (Lipinski definition) is 0. The van der Waals surface area contributed by atoms with E-state index in [1.807, 2.05) is 39.0 Å². The van der Waals surface area contributed by atoms with Gasteiger partial charge in [0, 0.05) is 31.9 Å². The molecule has 1 unspecified atom stereocenters. The van der Waals surface area contributed by atoms with E-state index in [0.717, 1.165) is 17.0 Å². The molecule has 2 aromatic heterocycles. The van der Waals surface area contributed by atoms with Gasteiger partial charge in [0.25, 0.3) is 0 Å². The minimum Gasteiger partial charge on any atom is -0.334 e. The maximum absolute atomic E-state index is 13.6. The molecule has 0 aliphatic carbocycles. The normalized spacial score (nSPS) is 12.0. The van der Waals surface area contributed by atoms with Gasteiger partial charge in [0.1, 0.15) is 17.5 Å². The number of carbonyl (C=O) groups is 1. The van der Waals surface area contributed by atoms with Crippen LogP contribution in [0.25, 0.3) is 0 Å². The lowest BCUT2D eigenvalue weighted by atomic mass is 10.1. The van der Waals surface area contributed by atoms with Crippen LogP contribution in [-0.4, -0.2) is 30.6 Å². The van der Waals surface area contributed by atoms with Crippen LogP contribution in [0.3, 0.4) is 0 Å². The molecule has 1 aromatic carbocycles. The van der Waals surface area contributed by atoms with Gasteiger partial charge in [-0.15, -0.1) is 0 Å². The standard InChI is InChI=1S/C21H24FN5O/c1-15(27-17(3)24-16(2)25-27)10-21(28)26(14-19-7-5-9-23-12-19)13-18-6-4-8-20(22)11-18/h4-9,11-12,15H,10,13-14H2,1-3H3. The molecule has 28 heavy (non-hydrogen) atoms. The molecule has 0 radical (unpaired) electrons. The number of aromatic nitrogens is 4. The number of aryl methyl sites for hydroxylation is 2. The first-order valence-electron chi connectivity index (χ1n) is 9.23. The second-order valence-corrected chi connectivity index (χ2v) is 6.94. The van der Waals surface area contributed by atoms with Crippen LogP contribution >= 0.6 is 0 Å². The van der Waals surface area contributed by atoms with Crippen molar-refractivity contribution in [2.75, 3.05) is 0 Å². The molecule has 2 heterocycles. The summed E-state index contributed by atoms with van der Waals surface area (Å²) < 4.78 is 15.4. The van der Waals surface area contributed by atoms with Crippen molar-refractivity contribution >= 4 is 5.91 Å². The lowest BCUT2D eigenvalue weighted by molar-refractivity contribution is -0.133. The van der Waals surface area contributed by atoms with Crippen LogP contribution in [0.1, 0.15) is 42.2 Å². The Morgan fingerprint density at radius 3 is 2.57 bits per heavy atom. The number of amides is 1. The molecule has 3 rings (SSSR count). The highest BCUT2D eigenvalue weighted by Crippen LogP contribution is 2.18. The molecule has 0 aliphatic rings. The van der Waals surface area contributed by atoms with Crippen LogP contribution < -0.4 is 0 Å². The monoisotopic (exact) mass is 381 g/mol. The average Bonchev–Trinajstić information content (AvgIpc) is 3.00. The summed E-state index contributed by atoms with van der Waals surface area (Å²) in [4.78, 5) is 23.2. The summed E-state index contributed by atoms with van der Waals surface area (Å²) in [5, 5.41) is 4.38. The first-order chi connectivity index (χ1) is 13.4. The van der Waals surface area contributed by atoms with E-state index >= 15 is 0 Å². The van der Waals surface area contributed by atoms with Crippen LogP contribution in [0.4, 0.5) is 4.39 Å². The number of hydrogen-bond acceptors (Lipinski definition) is 4. The lowest BCUT2D eigenvalue weighted by Crippen LogP contribution is -2.32. The first-order valence-corrected chi connectivity index (χ1v) is 9.23. The molecule has 0 fully saturated rings. The number of nitrogens with zero attached hydrogens (tertiary/aromatic N) is 5. The molecule has 0 N–H and O–H groups in total. The van der Waals surface area contributed by atoms with Crippen molar-refractivity contribution in [1.82, 2.24) is 24.6 Å². The van der Waals surface area contributed by atoms with Crippen molar-refractivity contribution in [2.24, 2.45) is 0 Å². The third-order valence-electron chi connectivity index (χ3n) is 4.51. The second-order valence-electron chi connectivity index (χ2n) is 6.94. The van der Waals surface area contributed by atoms with E-state index in [2.05, 4.69) is 15.1 Å². The smallest absolute Gasteiger partial charge is 0.225 e. The predicted molar refractivity (Wildman–Crippen MR) is 104 cm³/mol. The van der Waals surface area contributed by atoms with Gasteiger partial charge in [-0.25, -0.2) is 14.1 Å². The highest BCUT2D eigenvalue weighted by Gasteiger charge is 2.20. The Morgan fingerprint density at radius 2 is 1.93 bits per heavy atom. The molecule has 7 heteroatoms. The summed E-state index contributed by atoms with van der Waals surface area (Å²) in [6.45, 7) is 6.39. The molecule has 0 saturated carbocycles. The summed E-state index contributed by atoms with van der Waals surface area (Å²) in [6, 6.07) is 9.96. The van der Waals surface area contributed by atoms with Gasteiger partial charge in [-0.3, -0.25) is 9.78 Å². The van der Waals surface area contributed by atoms with Gasteiger partial charge >= 0.3 is 0 Å². The Bertz CT molecular complexity index is 941. The fourth-order valence-electron chi connectivity index (χ4n) is 3.22. The first kappa shape index (κ1) is 19.7. The summed E-state index contributed by atoms with van der Waals surface area (Å²) in [6.07, 6.45) is 3.71. The van der Waals surface area contributed by atoms with Crippen LogP contribution in [0.2, 0.25) is 0 Å². The highest BCUT2D eigenvalue weighted by atomic mass is 19.1. The Kier molecular flexibility index (Phi) is 6.13. The summed E-state index contributed by atoms with van der Waals surface area (Å²) in [5.74, 6) is 1.12. The molecule has 1 amide bonds. The van der Waals surface area contributed by atoms with Crippen molar-refractivity contribution < 1.29 is 9.18 Å². The minimum absolute atomic E-state index is 0.0341. The van der Waals surface area contributed by atoms with Crippen molar-refractivity contribution in [1.29, 1.82) is 0 Å². The zero-order chi connectivity index (χ0) is 20.1. The van der Waals surface area contributed by atoms with Crippen molar-refractivity contribution in [3.63, 3.8) is 0 Å². The summed E-state index contributed by atoms with van der Waals surface area (Å²) in [7, 11) is 0. The highest BCUT2D eigenvalue weighted by molar-refractivity contribution is 5.76. The maximum atomic E-state index is 13.6. The van der Waals surface area contributed by atoms with E-state index < -0.39 is 0 Å². The third-order valence-corrected chi connectivity index (χ3v) is 4.51. The zero-order valence-corrected chi connectivity index (χ0v) is 16.3. The number of halogens is 1. The molecule has 0 spiro atoms. The van der Waals surface area contributed by atoms with E-state index in [4.69, 9.17) is 0 Å². The van der Waals surface area contributed by atoms with E-state index in [1.165, 1.54) is 12.1 Å². The molecule has 1 atom stereocenters. The number of carbonyl (C=O) groups excluding carboxylic acids is 1. The van der Waals surface area contributed by atoms with Crippen molar-refractivity contribution in [2.45, 2.75) is 46.3 Å². The molecular weight excluding hydrogens is 357 g/mol. The molecule has 0 saturated heterocycles. The summed E-state index contributed by atoms with van der Waals surface area (Å²) >= 11 is 0. The van der Waals surface area contributed by atoms with Gasteiger partial charge < -0.3 is 4.90 Å². The molecule has 6 nitrogen and oxygen atoms in total. The number of pyridine rings is 1. The SMILES string of the molecule is Cc1nc(C)n(C(C)CC(=O)N(Cc2cccnc2)Cc2cccc(F)c2)n1. The average molecular weight is 381 g/mol. The number of benzene rings is 1. The molecule has 146 valence electrons. The van der Waals surface area contributed by atoms with Crippen LogP contribution in [0.5, 0.6) is 0 Å². The zero-order valence-electron chi connectivity index (χ0n) is 16.3. The number of rotatable bonds is 7. The molecule has 3 aromatic rings. The fraction of sp³-hybridized carbons (Fsp3) is 0.333. The van der Waals surface area contributed by atoms with Crippen LogP contribution in [0, 0.1) is 19.7 Å².